The molecule has 176 valence electrons. The highest BCUT2D eigenvalue weighted by Gasteiger charge is 2.34. The first kappa shape index (κ1) is 24.3. The maximum atomic E-state index is 12.9. The van der Waals surface area contributed by atoms with Crippen LogP contribution in [0.5, 0.6) is 5.75 Å². The molecule has 1 heterocycles. The predicted octanol–water partition coefficient (Wildman–Crippen LogP) is 2.11. The van der Waals surface area contributed by atoms with E-state index < -0.39 is 6.04 Å². The molecule has 2 aromatic rings. The van der Waals surface area contributed by atoms with Gasteiger partial charge in [0, 0.05) is 37.9 Å². The summed E-state index contributed by atoms with van der Waals surface area (Å²) in [5.41, 5.74) is 1.10. The van der Waals surface area contributed by atoms with Crippen molar-refractivity contribution in [2.45, 2.75) is 18.9 Å². The maximum Gasteiger partial charge on any atom is 0.253 e. The Bertz CT molecular complexity index is 925. The zero-order valence-electron chi connectivity index (χ0n) is 19.1. The number of hydrogen-bond donors (Lipinski definition) is 2. The second kappa shape index (κ2) is 12.0. The normalized spacial score (nSPS) is 14.9. The van der Waals surface area contributed by atoms with E-state index in [0.717, 1.165) is 0 Å². The molecule has 2 N–H and O–H groups in total. The number of nitrogens with one attached hydrogen (secondary N) is 2. The molecule has 0 spiro atoms. The van der Waals surface area contributed by atoms with Gasteiger partial charge < -0.3 is 25.0 Å². The number of ether oxygens (including phenoxy) is 2. The number of rotatable bonds is 9. The lowest BCUT2D eigenvalue weighted by atomic mass is 9.88. The van der Waals surface area contributed by atoms with E-state index >= 15 is 0 Å². The Labute approximate surface area is 194 Å². The maximum absolute atomic E-state index is 12.9. The SMILES string of the molecule is COCCNC(=O)[C@H](NC(=O)c1ccc(OC)cc1)C1CCN(C(=O)c2ccccc2)CC1. The van der Waals surface area contributed by atoms with Crippen LogP contribution in [0.4, 0.5) is 0 Å². The minimum Gasteiger partial charge on any atom is -0.497 e. The lowest BCUT2D eigenvalue weighted by molar-refractivity contribution is -0.124. The fourth-order valence-electron chi connectivity index (χ4n) is 3.95. The minimum atomic E-state index is -0.703. The van der Waals surface area contributed by atoms with E-state index in [1.165, 1.54) is 0 Å². The predicted molar refractivity (Wildman–Crippen MR) is 124 cm³/mol. The average Bonchev–Trinajstić information content (AvgIpc) is 2.87. The van der Waals surface area contributed by atoms with Crippen molar-refractivity contribution < 1.29 is 23.9 Å². The average molecular weight is 454 g/mol. The molecular weight excluding hydrogens is 422 g/mol. The summed E-state index contributed by atoms with van der Waals surface area (Å²) >= 11 is 0. The molecule has 0 aromatic heterocycles. The third-order valence-electron chi connectivity index (χ3n) is 5.85. The zero-order chi connectivity index (χ0) is 23.6. The van der Waals surface area contributed by atoms with Crippen LogP contribution < -0.4 is 15.4 Å². The molecule has 33 heavy (non-hydrogen) atoms. The van der Waals surface area contributed by atoms with Crippen LogP contribution in [0.2, 0.25) is 0 Å². The van der Waals surface area contributed by atoms with Gasteiger partial charge in [0.15, 0.2) is 0 Å². The summed E-state index contributed by atoms with van der Waals surface area (Å²) in [7, 11) is 3.12. The van der Waals surface area contributed by atoms with Gasteiger partial charge in [-0.15, -0.1) is 0 Å². The van der Waals surface area contributed by atoms with E-state index in [2.05, 4.69) is 10.6 Å². The van der Waals surface area contributed by atoms with Crippen molar-refractivity contribution in [3.63, 3.8) is 0 Å². The molecule has 8 nitrogen and oxygen atoms in total. The van der Waals surface area contributed by atoms with Crippen LogP contribution in [-0.2, 0) is 9.53 Å². The van der Waals surface area contributed by atoms with Crippen molar-refractivity contribution in [3.8, 4) is 5.75 Å². The standard InChI is InChI=1S/C25H31N3O5/c1-32-17-14-26-24(30)22(27-23(29)19-8-10-21(33-2)11-9-19)18-12-15-28(16-13-18)25(31)20-6-4-3-5-7-20/h3-11,18,22H,12-17H2,1-2H3,(H,26,30)(H,27,29)/t22-/m1/s1. The quantitative estimate of drug-likeness (QED) is 0.567. The topological polar surface area (TPSA) is 97.0 Å². The number of benzene rings is 2. The van der Waals surface area contributed by atoms with Crippen LogP contribution in [-0.4, -0.2) is 69.1 Å². The summed E-state index contributed by atoms with van der Waals surface area (Å²) in [6.45, 7) is 1.79. The monoisotopic (exact) mass is 453 g/mol. The number of nitrogens with zero attached hydrogens (tertiary/aromatic N) is 1. The summed E-state index contributed by atoms with van der Waals surface area (Å²) in [5, 5.41) is 5.74. The summed E-state index contributed by atoms with van der Waals surface area (Å²) in [6.07, 6.45) is 1.23. The Kier molecular flexibility index (Phi) is 8.83. The summed E-state index contributed by atoms with van der Waals surface area (Å²) < 4.78 is 10.2. The lowest BCUT2D eigenvalue weighted by Crippen LogP contribution is -2.54. The van der Waals surface area contributed by atoms with E-state index in [0.29, 0.717) is 56.0 Å². The summed E-state index contributed by atoms with van der Waals surface area (Å²) in [5.74, 6) is -0.0306. The van der Waals surface area contributed by atoms with E-state index in [9.17, 15) is 14.4 Å². The molecule has 3 rings (SSSR count). The molecule has 3 amide bonds. The highest BCUT2D eigenvalue weighted by atomic mass is 16.5. The van der Waals surface area contributed by atoms with E-state index in [-0.39, 0.29) is 23.6 Å². The molecule has 1 fully saturated rings. The Morgan fingerprint density at radius 3 is 2.24 bits per heavy atom. The van der Waals surface area contributed by atoms with Gasteiger partial charge in [-0.2, -0.15) is 0 Å². The van der Waals surface area contributed by atoms with Crippen LogP contribution in [0, 0.1) is 5.92 Å². The molecule has 2 aromatic carbocycles. The molecule has 8 heteroatoms. The van der Waals surface area contributed by atoms with Crippen LogP contribution in [0.3, 0.4) is 0 Å². The fraction of sp³-hybridized carbons (Fsp3) is 0.400. The van der Waals surface area contributed by atoms with Gasteiger partial charge in [0.05, 0.1) is 13.7 Å². The van der Waals surface area contributed by atoms with Crippen LogP contribution >= 0.6 is 0 Å². The van der Waals surface area contributed by atoms with Gasteiger partial charge in [-0.1, -0.05) is 18.2 Å². The van der Waals surface area contributed by atoms with E-state index in [1.54, 1.807) is 55.5 Å². The molecule has 0 bridgehead atoms. The third-order valence-corrected chi connectivity index (χ3v) is 5.85. The third kappa shape index (κ3) is 6.55. The number of hydrogen-bond acceptors (Lipinski definition) is 5. The van der Waals surface area contributed by atoms with Gasteiger partial charge in [-0.25, -0.2) is 0 Å². The molecule has 1 aliphatic heterocycles. The van der Waals surface area contributed by atoms with Crippen molar-refractivity contribution in [3.05, 3.63) is 65.7 Å². The minimum absolute atomic E-state index is 0.0163. The molecule has 1 saturated heterocycles. The molecule has 0 aliphatic carbocycles. The number of piperidine rings is 1. The number of methoxy groups -OCH3 is 2. The largest absolute Gasteiger partial charge is 0.497 e. The van der Waals surface area contributed by atoms with Crippen molar-refractivity contribution >= 4 is 17.7 Å². The smallest absolute Gasteiger partial charge is 0.253 e. The van der Waals surface area contributed by atoms with Crippen LogP contribution in [0.15, 0.2) is 54.6 Å². The van der Waals surface area contributed by atoms with E-state index in [4.69, 9.17) is 9.47 Å². The number of likely N-dealkylation sites (tertiary alicyclic amines) is 1. The molecule has 0 unspecified atom stereocenters. The molecule has 0 saturated carbocycles. The van der Waals surface area contributed by atoms with Crippen molar-refractivity contribution in [1.29, 1.82) is 0 Å². The first-order valence-electron chi connectivity index (χ1n) is 11.1. The first-order valence-corrected chi connectivity index (χ1v) is 11.1. The Morgan fingerprint density at radius 1 is 0.970 bits per heavy atom. The van der Waals surface area contributed by atoms with Crippen molar-refractivity contribution in [2.75, 3.05) is 40.5 Å². The highest BCUT2D eigenvalue weighted by molar-refractivity contribution is 5.98. The van der Waals surface area contributed by atoms with E-state index in [1.807, 2.05) is 18.2 Å². The number of carbonyl (C=O) groups is 3. The Morgan fingerprint density at radius 2 is 1.64 bits per heavy atom. The Balaban J connectivity index is 1.66. The second-order valence-corrected chi connectivity index (χ2v) is 7.96. The van der Waals surface area contributed by atoms with Gasteiger partial charge >= 0.3 is 0 Å². The molecular formula is C25H31N3O5. The molecule has 1 atom stereocenters. The molecule has 1 aliphatic rings. The number of amides is 3. The molecule has 0 radical (unpaired) electrons. The van der Waals surface area contributed by atoms with Crippen LogP contribution in [0.1, 0.15) is 33.6 Å². The van der Waals surface area contributed by atoms with Gasteiger partial charge in [0.25, 0.3) is 11.8 Å². The van der Waals surface area contributed by atoms with Gasteiger partial charge in [-0.3, -0.25) is 14.4 Å². The zero-order valence-corrected chi connectivity index (χ0v) is 19.1. The second-order valence-electron chi connectivity index (χ2n) is 7.96. The summed E-state index contributed by atoms with van der Waals surface area (Å²) in [4.78, 5) is 40.4. The first-order chi connectivity index (χ1) is 16.0. The van der Waals surface area contributed by atoms with Gasteiger partial charge in [0.2, 0.25) is 5.91 Å². The lowest BCUT2D eigenvalue weighted by Gasteiger charge is -2.36. The van der Waals surface area contributed by atoms with Crippen molar-refractivity contribution in [2.24, 2.45) is 5.92 Å². The van der Waals surface area contributed by atoms with Gasteiger partial charge in [-0.05, 0) is 55.2 Å². The fourth-order valence-corrected chi connectivity index (χ4v) is 3.95. The highest BCUT2D eigenvalue weighted by Crippen LogP contribution is 2.23. The Hall–Kier alpha value is -3.39. The van der Waals surface area contributed by atoms with Crippen molar-refractivity contribution in [1.82, 2.24) is 15.5 Å². The van der Waals surface area contributed by atoms with Gasteiger partial charge in [0.1, 0.15) is 11.8 Å². The van der Waals surface area contributed by atoms with Crippen LogP contribution in [0.25, 0.3) is 0 Å². The summed E-state index contributed by atoms with van der Waals surface area (Å²) in [6, 6.07) is 15.2. The number of carbonyl (C=O) groups excluding carboxylic acids is 3.